The Bertz CT molecular complexity index is 1410. The number of hydrogen-bond acceptors (Lipinski definition) is 4. The van der Waals surface area contributed by atoms with Gasteiger partial charge in [-0.1, -0.05) is 49.2 Å². The van der Waals surface area contributed by atoms with Crippen LogP contribution in [0.2, 0.25) is 0 Å². The number of H-pyrrole nitrogens is 2. The standard InChI is InChI=1S/C30H36N6O6/c37-27(38)25(15-19-17-33-23-11-5-3-9-21(19)23)35-29(41)31-13-7-1-2-8-14-32-30(42)36-26(28(39)40)16-20-18-34-24-12-6-4-10-22(20)24/h3-6,9-12,17-18,25-26,33-34H,1-2,7-8,13-16H2,(H,37,38)(H,39,40)(H2,31,35,41)(H2,32,36,42)/t25-,26-/m1/s1. The Kier molecular flexibility index (Phi) is 10.4. The van der Waals surface area contributed by atoms with Crippen molar-refractivity contribution in [3.05, 3.63) is 72.1 Å². The number of carboxylic acid groups (broad SMARTS) is 2. The molecule has 222 valence electrons. The number of carboxylic acids is 2. The molecular weight excluding hydrogens is 540 g/mol. The third-order valence-corrected chi connectivity index (χ3v) is 7.08. The summed E-state index contributed by atoms with van der Waals surface area (Å²) in [7, 11) is 0. The molecule has 8 N–H and O–H groups in total. The highest BCUT2D eigenvalue weighted by Crippen LogP contribution is 2.20. The molecule has 2 atom stereocenters. The minimum Gasteiger partial charge on any atom is -0.480 e. The summed E-state index contributed by atoms with van der Waals surface area (Å²) in [6.07, 6.45) is 6.78. The van der Waals surface area contributed by atoms with Gasteiger partial charge in [-0.15, -0.1) is 0 Å². The van der Waals surface area contributed by atoms with E-state index in [1.807, 2.05) is 48.5 Å². The molecule has 4 rings (SSSR count). The van der Waals surface area contributed by atoms with Crippen molar-refractivity contribution in [3.63, 3.8) is 0 Å². The van der Waals surface area contributed by atoms with Crippen LogP contribution in [-0.4, -0.2) is 69.4 Å². The van der Waals surface area contributed by atoms with Crippen molar-refractivity contribution in [2.45, 2.75) is 50.6 Å². The lowest BCUT2D eigenvalue weighted by atomic mass is 10.1. The second kappa shape index (κ2) is 14.6. The van der Waals surface area contributed by atoms with Crippen LogP contribution >= 0.6 is 0 Å². The number of benzene rings is 2. The van der Waals surface area contributed by atoms with Crippen LogP contribution in [0.25, 0.3) is 21.8 Å². The van der Waals surface area contributed by atoms with E-state index in [9.17, 15) is 29.4 Å². The van der Waals surface area contributed by atoms with Crippen molar-refractivity contribution in [1.82, 2.24) is 31.2 Å². The summed E-state index contributed by atoms with van der Waals surface area (Å²) in [4.78, 5) is 54.2. The van der Waals surface area contributed by atoms with Crippen LogP contribution in [0.1, 0.15) is 36.8 Å². The number of hydrogen-bond donors (Lipinski definition) is 8. The zero-order valence-electron chi connectivity index (χ0n) is 23.1. The Morgan fingerprint density at radius 3 is 1.43 bits per heavy atom. The Balaban J connectivity index is 1.08. The molecule has 0 unspecified atom stereocenters. The third-order valence-electron chi connectivity index (χ3n) is 7.08. The number of aliphatic carboxylic acids is 2. The molecule has 2 aromatic heterocycles. The molecule has 12 nitrogen and oxygen atoms in total. The highest BCUT2D eigenvalue weighted by molar-refractivity contribution is 5.87. The van der Waals surface area contributed by atoms with Crippen molar-refractivity contribution in [2.24, 2.45) is 0 Å². The molecule has 12 heteroatoms. The lowest BCUT2D eigenvalue weighted by molar-refractivity contribution is -0.140. The number of aromatic amines is 2. The minimum atomic E-state index is -1.11. The molecule has 0 spiro atoms. The smallest absolute Gasteiger partial charge is 0.326 e. The van der Waals surface area contributed by atoms with E-state index >= 15 is 0 Å². The zero-order chi connectivity index (χ0) is 29.9. The summed E-state index contributed by atoms with van der Waals surface area (Å²) >= 11 is 0. The fourth-order valence-electron chi connectivity index (χ4n) is 4.87. The van der Waals surface area contributed by atoms with Crippen LogP contribution in [0, 0.1) is 0 Å². The van der Waals surface area contributed by atoms with Gasteiger partial charge in [0.05, 0.1) is 0 Å². The van der Waals surface area contributed by atoms with E-state index in [0.29, 0.717) is 25.9 Å². The zero-order valence-corrected chi connectivity index (χ0v) is 23.1. The first-order chi connectivity index (χ1) is 20.3. The van der Waals surface area contributed by atoms with Crippen LogP contribution in [0.5, 0.6) is 0 Å². The Labute approximate surface area is 242 Å². The summed E-state index contributed by atoms with van der Waals surface area (Å²) in [6, 6.07) is 11.9. The van der Waals surface area contributed by atoms with Gasteiger partial charge in [0.1, 0.15) is 12.1 Å². The average Bonchev–Trinajstić information content (AvgIpc) is 3.57. The van der Waals surface area contributed by atoms with E-state index in [2.05, 4.69) is 31.2 Å². The Morgan fingerprint density at radius 2 is 1.02 bits per heavy atom. The molecule has 2 heterocycles. The molecule has 4 amide bonds. The predicted octanol–water partition coefficient (Wildman–Crippen LogP) is 3.50. The van der Waals surface area contributed by atoms with E-state index in [1.165, 1.54) is 0 Å². The number of carbonyl (C=O) groups is 4. The van der Waals surface area contributed by atoms with Crippen LogP contribution in [-0.2, 0) is 22.4 Å². The lowest BCUT2D eigenvalue weighted by Gasteiger charge is -2.15. The van der Waals surface area contributed by atoms with Crippen molar-refractivity contribution < 1.29 is 29.4 Å². The predicted molar refractivity (Wildman–Crippen MR) is 158 cm³/mol. The van der Waals surface area contributed by atoms with Gasteiger partial charge in [0, 0.05) is 60.1 Å². The second-order valence-electron chi connectivity index (χ2n) is 10.1. The molecule has 0 aliphatic rings. The Hall–Kier alpha value is -5.00. The van der Waals surface area contributed by atoms with E-state index in [1.54, 1.807) is 12.4 Å². The number of carbonyl (C=O) groups excluding carboxylic acids is 2. The average molecular weight is 577 g/mol. The monoisotopic (exact) mass is 576 g/mol. The van der Waals surface area contributed by atoms with Gasteiger partial charge in [-0.25, -0.2) is 19.2 Å². The number of nitrogens with one attached hydrogen (secondary N) is 6. The molecule has 0 fully saturated rings. The maximum absolute atomic E-state index is 12.3. The van der Waals surface area contributed by atoms with Crippen LogP contribution < -0.4 is 21.3 Å². The van der Waals surface area contributed by atoms with Gasteiger partial charge in [0.15, 0.2) is 0 Å². The first-order valence-corrected chi connectivity index (χ1v) is 14.0. The first-order valence-electron chi connectivity index (χ1n) is 14.0. The number of urea groups is 2. The topological polar surface area (TPSA) is 188 Å². The summed E-state index contributed by atoms with van der Waals surface area (Å²) < 4.78 is 0. The maximum atomic E-state index is 12.3. The second-order valence-corrected chi connectivity index (χ2v) is 10.1. The van der Waals surface area contributed by atoms with Crippen molar-refractivity contribution in [3.8, 4) is 0 Å². The number of rotatable bonds is 15. The molecule has 0 aliphatic heterocycles. The van der Waals surface area contributed by atoms with Crippen molar-refractivity contribution in [2.75, 3.05) is 13.1 Å². The van der Waals surface area contributed by atoms with Gasteiger partial charge in [-0.3, -0.25) is 0 Å². The quantitative estimate of drug-likeness (QED) is 0.1000. The van der Waals surface area contributed by atoms with Gasteiger partial charge in [-0.2, -0.15) is 0 Å². The number of fused-ring (bicyclic) bond motifs is 2. The summed E-state index contributed by atoms with van der Waals surface area (Å²) in [5.41, 5.74) is 3.44. The normalized spacial score (nSPS) is 12.5. The maximum Gasteiger partial charge on any atom is 0.326 e. The van der Waals surface area contributed by atoms with Crippen LogP contribution in [0.15, 0.2) is 60.9 Å². The number of unbranched alkanes of at least 4 members (excludes halogenated alkanes) is 3. The fraction of sp³-hybridized carbons (Fsp3) is 0.333. The molecule has 0 saturated carbocycles. The minimum absolute atomic E-state index is 0.156. The summed E-state index contributed by atoms with van der Waals surface area (Å²) in [5.74, 6) is -2.22. The molecule has 0 radical (unpaired) electrons. The largest absolute Gasteiger partial charge is 0.480 e. The van der Waals surface area contributed by atoms with Crippen LogP contribution in [0.4, 0.5) is 9.59 Å². The van der Waals surface area contributed by atoms with E-state index in [0.717, 1.165) is 45.8 Å². The number of para-hydroxylation sites is 2. The van der Waals surface area contributed by atoms with Crippen LogP contribution in [0.3, 0.4) is 0 Å². The molecule has 0 aliphatic carbocycles. The third kappa shape index (κ3) is 8.26. The lowest BCUT2D eigenvalue weighted by Crippen LogP contribution is -2.47. The molecular formula is C30H36N6O6. The molecule has 4 aromatic rings. The number of amides is 4. The highest BCUT2D eigenvalue weighted by Gasteiger charge is 2.23. The summed E-state index contributed by atoms with van der Waals surface area (Å²) in [6.45, 7) is 0.764. The Morgan fingerprint density at radius 1 is 0.619 bits per heavy atom. The number of aromatic nitrogens is 2. The van der Waals surface area contributed by atoms with E-state index in [-0.39, 0.29) is 12.8 Å². The molecule has 0 bridgehead atoms. The van der Waals surface area contributed by atoms with Gasteiger partial charge >= 0.3 is 24.0 Å². The van der Waals surface area contributed by atoms with Crippen molar-refractivity contribution >= 4 is 45.8 Å². The first kappa shape index (κ1) is 30.0. The SMILES string of the molecule is O=C(NCCCCCCNC(=O)N[C@H](Cc1c[nH]c2ccccc12)C(=O)O)N[C@H](Cc1c[nH]c2ccccc12)C(=O)O. The van der Waals surface area contributed by atoms with Gasteiger partial charge in [0.25, 0.3) is 0 Å². The molecule has 42 heavy (non-hydrogen) atoms. The van der Waals surface area contributed by atoms with Gasteiger partial charge in [0.2, 0.25) is 0 Å². The fourth-order valence-corrected chi connectivity index (χ4v) is 4.87. The van der Waals surface area contributed by atoms with Gasteiger partial charge < -0.3 is 41.4 Å². The van der Waals surface area contributed by atoms with Gasteiger partial charge in [-0.05, 0) is 36.1 Å². The summed E-state index contributed by atoms with van der Waals surface area (Å²) in [5, 5.41) is 31.4. The molecule has 0 saturated heterocycles. The van der Waals surface area contributed by atoms with Crippen molar-refractivity contribution in [1.29, 1.82) is 0 Å². The van der Waals surface area contributed by atoms with E-state index in [4.69, 9.17) is 0 Å². The van der Waals surface area contributed by atoms with E-state index < -0.39 is 36.1 Å². The highest BCUT2D eigenvalue weighted by atomic mass is 16.4. The molecule has 2 aromatic carbocycles.